The third-order valence-electron chi connectivity index (χ3n) is 4.80. The molecular formula is C20H24N4O4. The second-order valence-corrected chi connectivity index (χ2v) is 6.95. The Morgan fingerprint density at radius 2 is 2.14 bits per heavy atom. The van der Waals surface area contributed by atoms with Crippen molar-refractivity contribution >= 4 is 23.3 Å². The van der Waals surface area contributed by atoms with E-state index >= 15 is 0 Å². The molecule has 1 aliphatic rings. The molecule has 0 saturated carbocycles. The fourth-order valence-electron chi connectivity index (χ4n) is 3.31. The van der Waals surface area contributed by atoms with Crippen LogP contribution in [0.25, 0.3) is 0 Å². The topological polar surface area (TPSA) is 93.5 Å². The first kappa shape index (κ1) is 19.6. The van der Waals surface area contributed by atoms with Crippen molar-refractivity contribution in [2.75, 3.05) is 30.4 Å². The molecule has 1 N–H and O–H groups in total. The molecular weight excluding hydrogens is 360 g/mol. The average Bonchev–Trinajstić information content (AvgIpc) is 2.70. The predicted molar refractivity (Wildman–Crippen MR) is 105 cm³/mol. The summed E-state index contributed by atoms with van der Waals surface area (Å²) >= 11 is 0. The van der Waals surface area contributed by atoms with E-state index in [2.05, 4.69) is 26.0 Å². The van der Waals surface area contributed by atoms with Crippen LogP contribution in [0, 0.1) is 12.8 Å². The number of nitrogens with zero attached hydrogens (tertiary/aromatic N) is 3. The number of carbonyl (C=O) groups excluding carboxylic acids is 2. The zero-order chi connectivity index (χ0) is 20.1. The monoisotopic (exact) mass is 384 g/mol. The smallest absolute Gasteiger partial charge is 0.325 e. The molecule has 1 amide bonds. The first-order chi connectivity index (χ1) is 13.5. The lowest BCUT2D eigenvalue weighted by Crippen LogP contribution is -2.41. The predicted octanol–water partition coefficient (Wildman–Crippen LogP) is 1.58. The van der Waals surface area contributed by atoms with Crippen molar-refractivity contribution in [3.05, 3.63) is 52.7 Å². The number of esters is 1. The number of aryl methyl sites for hydroxylation is 1. The van der Waals surface area contributed by atoms with Gasteiger partial charge in [0.2, 0.25) is 5.91 Å². The number of nitrogens with one attached hydrogen (secondary N) is 1. The van der Waals surface area contributed by atoms with Gasteiger partial charge in [-0.15, -0.1) is 0 Å². The van der Waals surface area contributed by atoms with Gasteiger partial charge in [-0.25, -0.2) is 0 Å². The number of carbonyl (C=O) groups is 2. The molecule has 0 bridgehead atoms. The van der Waals surface area contributed by atoms with E-state index in [9.17, 15) is 14.4 Å². The van der Waals surface area contributed by atoms with Crippen molar-refractivity contribution in [2.45, 2.75) is 26.3 Å². The number of ether oxygens (including phenoxy) is 1. The van der Waals surface area contributed by atoms with E-state index in [0.29, 0.717) is 12.2 Å². The van der Waals surface area contributed by atoms with Gasteiger partial charge in [-0.2, -0.15) is 0 Å². The normalized spacial score (nSPS) is 16.5. The van der Waals surface area contributed by atoms with Gasteiger partial charge in [-0.1, -0.05) is 0 Å². The molecule has 28 heavy (non-hydrogen) atoms. The van der Waals surface area contributed by atoms with Gasteiger partial charge in [-0.3, -0.25) is 19.4 Å². The Hall–Kier alpha value is -3.16. The van der Waals surface area contributed by atoms with E-state index in [4.69, 9.17) is 0 Å². The van der Waals surface area contributed by atoms with Crippen LogP contribution in [0.2, 0.25) is 0 Å². The Morgan fingerprint density at radius 1 is 1.32 bits per heavy atom. The van der Waals surface area contributed by atoms with Crippen LogP contribution in [0.3, 0.4) is 0 Å². The SMILES string of the molecule is COC(=O)Cn1cc(NC(=O)[C@H]2CCCN(c3cncc(C)c3)C2)ccc1=O. The first-order valence-electron chi connectivity index (χ1n) is 9.21. The second kappa shape index (κ2) is 8.69. The van der Waals surface area contributed by atoms with Gasteiger partial charge in [0.1, 0.15) is 6.54 Å². The van der Waals surface area contributed by atoms with E-state index in [1.807, 2.05) is 13.1 Å². The minimum absolute atomic E-state index is 0.103. The van der Waals surface area contributed by atoms with Crippen molar-refractivity contribution in [2.24, 2.45) is 5.92 Å². The zero-order valence-corrected chi connectivity index (χ0v) is 16.1. The van der Waals surface area contributed by atoms with E-state index in [1.54, 1.807) is 12.3 Å². The molecule has 0 spiro atoms. The number of hydrogen-bond donors (Lipinski definition) is 1. The summed E-state index contributed by atoms with van der Waals surface area (Å²) in [5.41, 5.74) is 2.24. The van der Waals surface area contributed by atoms with Gasteiger partial charge in [0.25, 0.3) is 5.56 Å². The van der Waals surface area contributed by atoms with Crippen molar-refractivity contribution in [3.63, 3.8) is 0 Å². The Balaban J connectivity index is 1.68. The highest BCUT2D eigenvalue weighted by molar-refractivity contribution is 5.93. The van der Waals surface area contributed by atoms with Gasteiger partial charge >= 0.3 is 5.97 Å². The van der Waals surface area contributed by atoms with Crippen LogP contribution < -0.4 is 15.8 Å². The van der Waals surface area contributed by atoms with Gasteiger partial charge in [0.05, 0.1) is 30.6 Å². The lowest BCUT2D eigenvalue weighted by molar-refractivity contribution is -0.141. The third-order valence-corrected chi connectivity index (χ3v) is 4.80. The van der Waals surface area contributed by atoms with E-state index in [-0.39, 0.29) is 23.9 Å². The number of amides is 1. The maximum absolute atomic E-state index is 12.8. The maximum atomic E-state index is 12.8. The number of aromatic nitrogens is 2. The lowest BCUT2D eigenvalue weighted by atomic mass is 9.96. The van der Waals surface area contributed by atoms with Crippen molar-refractivity contribution in [1.29, 1.82) is 0 Å². The summed E-state index contributed by atoms with van der Waals surface area (Å²) in [5, 5.41) is 2.86. The van der Waals surface area contributed by atoms with Crippen molar-refractivity contribution in [3.8, 4) is 0 Å². The highest BCUT2D eigenvalue weighted by atomic mass is 16.5. The molecule has 0 radical (unpaired) electrons. The highest BCUT2D eigenvalue weighted by Crippen LogP contribution is 2.24. The van der Waals surface area contributed by atoms with E-state index < -0.39 is 5.97 Å². The Labute approximate surface area is 163 Å². The quantitative estimate of drug-likeness (QED) is 0.787. The Bertz CT molecular complexity index is 924. The van der Waals surface area contributed by atoms with Crippen LogP contribution in [0.1, 0.15) is 18.4 Å². The molecule has 2 aromatic heterocycles. The molecule has 1 aliphatic heterocycles. The molecule has 1 fully saturated rings. The number of anilines is 2. The molecule has 0 aliphatic carbocycles. The molecule has 0 aromatic carbocycles. The lowest BCUT2D eigenvalue weighted by Gasteiger charge is -2.33. The highest BCUT2D eigenvalue weighted by Gasteiger charge is 2.26. The summed E-state index contributed by atoms with van der Waals surface area (Å²) in [6.07, 6.45) is 6.79. The van der Waals surface area contributed by atoms with Crippen molar-refractivity contribution in [1.82, 2.24) is 9.55 Å². The average molecular weight is 384 g/mol. The number of rotatable bonds is 5. The molecule has 1 atom stereocenters. The van der Waals surface area contributed by atoms with Crippen LogP contribution in [0.15, 0.2) is 41.6 Å². The summed E-state index contributed by atoms with van der Waals surface area (Å²) in [7, 11) is 1.26. The molecule has 8 nitrogen and oxygen atoms in total. The summed E-state index contributed by atoms with van der Waals surface area (Å²) in [5.74, 6) is -0.802. The van der Waals surface area contributed by atoms with Crippen LogP contribution >= 0.6 is 0 Å². The number of methoxy groups -OCH3 is 1. The second-order valence-electron chi connectivity index (χ2n) is 6.95. The minimum Gasteiger partial charge on any atom is -0.468 e. The maximum Gasteiger partial charge on any atom is 0.325 e. The van der Waals surface area contributed by atoms with Gasteiger partial charge in [-0.05, 0) is 37.5 Å². The van der Waals surface area contributed by atoms with Crippen LogP contribution in [0.5, 0.6) is 0 Å². The van der Waals surface area contributed by atoms with Gasteiger partial charge in [0.15, 0.2) is 0 Å². The number of piperidine rings is 1. The first-order valence-corrected chi connectivity index (χ1v) is 9.21. The minimum atomic E-state index is -0.528. The van der Waals surface area contributed by atoms with E-state index in [1.165, 1.54) is 23.9 Å². The molecule has 0 unspecified atom stereocenters. The Kier molecular flexibility index (Phi) is 6.08. The zero-order valence-electron chi connectivity index (χ0n) is 16.1. The largest absolute Gasteiger partial charge is 0.468 e. The van der Waals surface area contributed by atoms with Gasteiger partial charge < -0.3 is 19.5 Å². The molecule has 148 valence electrons. The number of hydrogen-bond acceptors (Lipinski definition) is 6. The van der Waals surface area contributed by atoms with Crippen molar-refractivity contribution < 1.29 is 14.3 Å². The molecule has 2 aromatic rings. The fourth-order valence-corrected chi connectivity index (χ4v) is 3.31. The standard InChI is InChI=1S/C20H24N4O4/c1-14-8-17(10-21-9-14)23-7-3-4-15(11-23)20(27)22-16-5-6-18(25)24(12-16)13-19(26)28-2/h5-6,8-10,12,15H,3-4,7,11,13H2,1-2H3,(H,22,27)/t15-/m0/s1. The van der Waals surface area contributed by atoms with Crippen LogP contribution in [-0.4, -0.2) is 41.6 Å². The third kappa shape index (κ3) is 4.76. The molecule has 1 saturated heterocycles. The fraction of sp³-hybridized carbons (Fsp3) is 0.400. The molecule has 3 heterocycles. The van der Waals surface area contributed by atoms with Gasteiger partial charge in [0, 0.05) is 31.5 Å². The van der Waals surface area contributed by atoms with Crippen LogP contribution in [-0.2, 0) is 20.9 Å². The van der Waals surface area contributed by atoms with Crippen LogP contribution in [0.4, 0.5) is 11.4 Å². The number of pyridine rings is 2. The summed E-state index contributed by atoms with van der Waals surface area (Å²) in [6, 6.07) is 4.93. The molecule has 3 rings (SSSR count). The molecule has 8 heteroatoms. The summed E-state index contributed by atoms with van der Waals surface area (Å²) in [6.45, 7) is 3.29. The van der Waals surface area contributed by atoms with E-state index in [0.717, 1.165) is 30.6 Å². The summed E-state index contributed by atoms with van der Waals surface area (Å²) < 4.78 is 5.81. The summed E-state index contributed by atoms with van der Waals surface area (Å²) in [4.78, 5) is 42.5. The Morgan fingerprint density at radius 3 is 2.89 bits per heavy atom.